The van der Waals surface area contributed by atoms with Crippen molar-refractivity contribution < 1.29 is 13.9 Å². The fraction of sp³-hybridized carbons (Fsp3) is 0.200. The van der Waals surface area contributed by atoms with Crippen molar-refractivity contribution >= 4 is 21.7 Å². The minimum Gasteiger partial charge on any atom is -0.497 e. The molecule has 0 saturated heterocycles. The molecule has 4 heteroatoms. The van der Waals surface area contributed by atoms with Gasteiger partial charge in [0.1, 0.15) is 17.3 Å². The van der Waals surface area contributed by atoms with Gasteiger partial charge in [-0.1, -0.05) is 6.58 Å². The fourth-order valence-corrected chi connectivity index (χ4v) is 1.43. The Morgan fingerprint density at radius 1 is 1.43 bits per heavy atom. The topological polar surface area (TPSA) is 18.5 Å². The number of hydrogen-bond donors (Lipinski definition) is 0. The van der Waals surface area contributed by atoms with Crippen molar-refractivity contribution in [2.75, 3.05) is 14.2 Å². The molecule has 0 fully saturated rings. The number of ether oxygens (including phenoxy) is 2. The molecule has 14 heavy (non-hydrogen) atoms. The molecule has 0 amide bonds. The van der Waals surface area contributed by atoms with Gasteiger partial charge < -0.3 is 9.47 Å². The maximum absolute atomic E-state index is 13.5. The van der Waals surface area contributed by atoms with Crippen molar-refractivity contribution in [3.05, 3.63) is 34.6 Å². The van der Waals surface area contributed by atoms with Crippen LogP contribution in [0.2, 0.25) is 0 Å². The molecule has 2 nitrogen and oxygen atoms in total. The number of rotatable bonds is 3. The molecule has 0 saturated carbocycles. The molecule has 0 unspecified atom stereocenters. The van der Waals surface area contributed by atoms with Crippen molar-refractivity contribution in [2.24, 2.45) is 0 Å². The fourth-order valence-electron chi connectivity index (χ4n) is 0.995. The van der Waals surface area contributed by atoms with Crippen LogP contribution in [0.1, 0.15) is 5.56 Å². The van der Waals surface area contributed by atoms with Crippen LogP contribution in [0.5, 0.6) is 5.75 Å². The Bertz CT molecular complexity index is 363. The first-order valence-electron chi connectivity index (χ1n) is 3.86. The predicted octanol–water partition coefficient (Wildman–Crippen LogP) is 3.21. The van der Waals surface area contributed by atoms with Crippen LogP contribution in [0, 0.1) is 5.82 Å². The van der Waals surface area contributed by atoms with E-state index in [2.05, 4.69) is 22.5 Å². The van der Waals surface area contributed by atoms with Gasteiger partial charge in [-0.15, -0.1) is 0 Å². The monoisotopic (exact) mass is 260 g/mol. The SMILES string of the molecule is C=C(OC)c1cc(OC)cc(Br)c1F. The van der Waals surface area contributed by atoms with Crippen LogP contribution in [0.25, 0.3) is 5.76 Å². The number of hydrogen-bond acceptors (Lipinski definition) is 2. The molecule has 0 spiro atoms. The minimum absolute atomic E-state index is 0.266. The molecule has 0 heterocycles. The Morgan fingerprint density at radius 3 is 2.57 bits per heavy atom. The highest BCUT2D eigenvalue weighted by Crippen LogP contribution is 2.29. The Kier molecular flexibility index (Phi) is 3.52. The predicted molar refractivity (Wildman–Crippen MR) is 56.7 cm³/mol. The molecule has 0 atom stereocenters. The highest BCUT2D eigenvalue weighted by atomic mass is 79.9. The van der Waals surface area contributed by atoms with Gasteiger partial charge in [0, 0.05) is 0 Å². The molecule has 0 N–H and O–H groups in total. The Morgan fingerprint density at radius 2 is 2.07 bits per heavy atom. The first kappa shape index (κ1) is 11.0. The maximum Gasteiger partial charge on any atom is 0.148 e. The van der Waals surface area contributed by atoms with Crippen LogP contribution in [0.3, 0.4) is 0 Å². The van der Waals surface area contributed by atoms with Crippen LogP contribution >= 0.6 is 15.9 Å². The molecule has 0 aliphatic rings. The van der Waals surface area contributed by atoms with Gasteiger partial charge in [-0.25, -0.2) is 4.39 Å². The lowest BCUT2D eigenvalue weighted by Gasteiger charge is -2.09. The lowest BCUT2D eigenvalue weighted by atomic mass is 10.2. The lowest BCUT2D eigenvalue weighted by molar-refractivity contribution is 0.367. The van der Waals surface area contributed by atoms with Crippen LogP contribution in [0.15, 0.2) is 23.2 Å². The summed E-state index contributed by atoms with van der Waals surface area (Å²) in [6.45, 7) is 3.58. The molecule has 0 aliphatic heterocycles. The zero-order chi connectivity index (χ0) is 10.7. The summed E-state index contributed by atoms with van der Waals surface area (Å²) in [5, 5.41) is 0. The van der Waals surface area contributed by atoms with E-state index < -0.39 is 5.82 Å². The van der Waals surface area contributed by atoms with E-state index in [0.717, 1.165) is 0 Å². The van der Waals surface area contributed by atoms with Crippen LogP contribution in [0.4, 0.5) is 4.39 Å². The van der Waals surface area contributed by atoms with Gasteiger partial charge in [0.25, 0.3) is 0 Å². The average molecular weight is 261 g/mol. The van der Waals surface area contributed by atoms with Crippen molar-refractivity contribution in [1.29, 1.82) is 0 Å². The largest absolute Gasteiger partial charge is 0.497 e. The summed E-state index contributed by atoms with van der Waals surface area (Å²) in [6.07, 6.45) is 0. The highest BCUT2D eigenvalue weighted by molar-refractivity contribution is 9.10. The third-order valence-corrected chi connectivity index (χ3v) is 2.36. The molecule has 1 rings (SSSR count). The van der Waals surface area contributed by atoms with Crippen LogP contribution in [-0.2, 0) is 4.74 Å². The van der Waals surface area contributed by atoms with E-state index >= 15 is 0 Å². The lowest BCUT2D eigenvalue weighted by Crippen LogP contribution is -1.94. The first-order chi connectivity index (χ1) is 6.60. The van der Waals surface area contributed by atoms with E-state index in [9.17, 15) is 4.39 Å². The number of halogens is 2. The minimum atomic E-state index is -0.405. The summed E-state index contributed by atoms with van der Waals surface area (Å²) in [5.41, 5.74) is 0.290. The summed E-state index contributed by atoms with van der Waals surface area (Å²) in [6, 6.07) is 3.08. The number of methoxy groups -OCH3 is 2. The normalized spacial score (nSPS) is 9.71. The second kappa shape index (κ2) is 4.46. The Balaban J connectivity index is 3.27. The number of benzene rings is 1. The molecule has 1 aromatic rings. The van der Waals surface area contributed by atoms with E-state index in [0.29, 0.717) is 15.8 Å². The quantitative estimate of drug-likeness (QED) is 0.778. The molecule has 0 bridgehead atoms. The summed E-state index contributed by atoms with van der Waals surface area (Å²) in [5.74, 6) is 0.409. The van der Waals surface area contributed by atoms with E-state index in [1.54, 1.807) is 6.07 Å². The van der Waals surface area contributed by atoms with Crippen molar-refractivity contribution in [3.63, 3.8) is 0 Å². The summed E-state index contributed by atoms with van der Waals surface area (Å²) in [4.78, 5) is 0. The Labute approximate surface area is 90.5 Å². The molecule has 0 aromatic heterocycles. The molecule has 0 radical (unpaired) electrons. The van der Waals surface area contributed by atoms with Gasteiger partial charge in [-0.3, -0.25) is 0 Å². The zero-order valence-electron chi connectivity index (χ0n) is 7.93. The van der Waals surface area contributed by atoms with Gasteiger partial charge in [0.2, 0.25) is 0 Å². The maximum atomic E-state index is 13.5. The van der Waals surface area contributed by atoms with Gasteiger partial charge in [0.15, 0.2) is 0 Å². The van der Waals surface area contributed by atoms with Crippen molar-refractivity contribution in [2.45, 2.75) is 0 Å². The summed E-state index contributed by atoms with van der Waals surface area (Å²) >= 11 is 3.08. The average Bonchev–Trinajstić information content (AvgIpc) is 2.20. The van der Waals surface area contributed by atoms with Gasteiger partial charge in [-0.05, 0) is 28.1 Å². The van der Waals surface area contributed by atoms with Gasteiger partial charge >= 0.3 is 0 Å². The molecule has 76 valence electrons. The second-order valence-electron chi connectivity index (χ2n) is 2.60. The molecule has 0 aliphatic carbocycles. The van der Waals surface area contributed by atoms with Gasteiger partial charge in [0.05, 0.1) is 24.3 Å². The third-order valence-electron chi connectivity index (χ3n) is 1.78. The second-order valence-corrected chi connectivity index (χ2v) is 3.45. The third kappa shape index (κ3) is 2.07. The Hall–Kier alpha value is -1.03. The summed E-state index contributed by atoms with van der Waals surface area (Å²) in [7, 11) is 2.95. The van der Waals surface area contributed by atoms with Gasteiger partial charge in [-0.2, -0.15) is 0 Å². The highest BCUT2D eigenvalue weighted by Gasteiger charge is 2.12. The van der Waals surface area contributed by atoms with Crippen LogP contribution in [-0.4, -0.2) is 14.2 Å². The van der Waals surface area contributed by atoms with E-state index in [-0.39, 0.29) is 5.76 Å². The molecule has 1 aromatic carbocycles. The zero-order valence-corrected chi connectivity index (χ0v) is 9.52. The standard InChI is InChI=1S/C10H10BrFO2/c1-6(13-2)8-4-7(14-3)5-9(11)10(8)12/h4-5H,1H2,2-3H3. The van der Waals surface area contributed by atoms with E-state index in [4.69, 9.17) is 9.47 Å². The van der Waals surface area contributed by atoms with Crippen molar-refractivity contribution in [1.82, 2.24) is 0 Å². The van der Waals surface area contributed by atoms with Crippen LogP contribution < -0.4 is 4.74 Å². The molecular weight excluding hydrogens is 251 g/mol. The first-order valence-corrected chi connectivity index (χ1v) is 4.65. The van der Waals surface area contributed by atoms with Crippen molar-refractivity contribution in [3.8, 4) is 5.75 Å². The summed E-state index contributed by atoms with van der Waals surface area (Å²) < 4.78 is 23.7. The molecular formula is C10H10BrFO2. The van der Waals surface area contributed by atoms with E-state index in [1.165, 1.54) is 20.3 Å². The smallest absolute Gasteiger partial charge is 0.148 e. The van der Waals surface area contributed by atoms with E-state index in [1.807, 2.05) is 0 Å².